The molecular formula is C23H22Cl2N4O3S. The second-order valence-corrected chi connectivity index (χ2v) is 9.25. The van der Waals surface area contributed by atoms with E-state index in [9.17, 15) is 9.59 Å². The summed E-state index contributed by atoms with van der Waals surface area (Å²) in [4.78, 5) is 25.1. The van der Waals surface area contributed by atoms with Crippen molar-refractivity contribution >= 4 is 52.6 Å². The molecule has 2 heterocycles. The van der Waals surface area contributed by atoms with E-state index in [-0.39, 0.29) is 25.0 Å². The van der Waals surface area contributed by atoms with Gasteiger partial charge in [0.2, 0.25) is 5.91 Å². The van der Waals surface area contributed by atoms with Crippen LogP contribution in [0.5, 0.6) is 5.75 Å². The average Bonchev–Trinajstić information content (AvgIpc) is 3.36. The van der Waals surface area contributed by atoms with Crippen LogP contribution in [-0.4, -0.2) is 34.7 Å². The first-order valence-corrected chi connectivity index (χ1v) is 12.3. The Balaban J connectivity index is 1.35. The van der Waals surface area contributed by atoms with Crippen LogP contribution in [0, 0.1) is 0 Å². The van der Waals surface area contributed by atoms with E-state index in [0.29, 0.717) is 28.2 Å². The lowest BCUT2D eigenvalue weighted by molar-refractivity contribution is -0.122. The summed E-state index contributed by atoms with van der Waals surface area (Å²) in [5.74, 6) is 1.83. The molecule has 3 aromatic rings. The van der Waals surface area contributed by atoms with E-state index in [2.05, 4.69) is 15.7 Å². The Hall–Kier alpha value is -2.68. The number of aromatic nitrogens is 2. The molecule has 0 atom stereocenters. The highest BCUT2D eigenvalue weighted by Crippen LogP contribution is 2.34. The average molecular weight is 505 g/mol. The van der Waals surface area contributed by atoms with Gasteiger partial charge in [0.05, 0.1) is 10.7 Å². The summed E-state index contributed by atoms with van der Waals surface area (Å²) in [6.07, 6.45) is 0.743. The van der Waals surface area contributed by atoms with Crippen molar-refractivity contribution in [2.45, 2.75) is 24.5 Å². The predicted octanol–water partition coefficient (Wildman–Crippen LogP) is 4.31. The van der Waals surface area contributed by atoms with Crippen molar-refractivity contribution in [3.05, 3.63) is 75.4 Å². The smallest absolute Gasteiger partial charge is 0.263 e. The lowest BCUT2D eigenvalue weighted by Crippen LogP contribution is -2.31. The van der Waals surface area contributed by atoms with E-state index in [1.54, 1.807) is 34.6 Å². The molecule has 2 N–H and O–H groups in total. The van der Waals surface area contributed by atoms with Crippen molar-refractivity contribution in [1.29, 1.82) is 0 Å². The largest absolute Gasteiger partial charge is 0.482 e. The van der Waals surface area contributed by atoms with Gasteiger partial charge in [-0.2, -0.15) is 16.9 Å². The molecule has 0 bridgehead atoms. The Labute approximate surface area is 205 Å². The topological polar surface area (TPSA) is 85.2 Å². The highest BCUT2D eigenvalue weighted by Gasteiger charge is 2.25. The minimum atomic E-state index is -0.369. The van der Waals surface area contributed by atoms with Gasteiger partial charge in [0.15, 0.2) is 6.61 Å². The maximum atomic E-state index is 12.6. The van der Waals surface area contributed by atoms with Crippen LogP contribution in [0.2, 0.25) is 10.0 Å². The first kappa shape index (κ1) is 23.5. The Morgan fingerprint density at radius 1 is 1.09 bits per heavy atom. The Morgan fingerprint density at radius 2 is 1.91 bits per heavy atom. The van der Waals surface area contributed by atoms with Gasteiger partial charge in [-0.1, -0.05) is 53.5 Å². The molecule has 0 saturated heterocycles. The van der Waals surface area contributed by atoms with E-state index in [1.807, 2.05) is 30.3 Å². The van der Waals surface area contributed by atoms with Crippen LogP contribution >= 0.6 is 35.0 Å². The second kappa shape index (κ2) is 11.0. The maximum absolute atomic E-state index is 12.6. The molecule has 2 amide bonds. The van der Waals surface area contributed by atoms with Crippen LogP contribution < -0.4 is 15.4 Å². The van der Waals surface area contributed by atoms with E-state index in [0.717, 1.165) is 34.7 Å². The highest BCUT2D eigenvalue weighted by molar-refractivity contribution is 7.98. The van der Waals surface area contributed by atoms with Crippen molar-refractivity contribution in [3.63, 3.8) is 0 Å². The van der Waals surface area contributed by atoms with Gasteiger partial charge in [-0.25, -0.2) is 4.68 Å². The van der Waals surface area contributed by atoms with Crippen LogP contribution in [0.15, 0.2) is 48.5 Å². The molecule has 0 aliphatic carbocycles. The van der Waals surface area contributed by atoms with E-state index in [4.69, 9.17) is 27.9 Å². The molecule has 10 heteroatoms. The molecule has 4 rings (SSSR count). The number of fused-ring (bicyclic) bond motifs is 1. The number of carbonyl (C=O) groups is 2. The summed E-state index contributed by atoms with van der Waals surface area (Å²) in [5.41, 5.74) is 2.98. The van der Waals surface area contributed by atoms with Gasteiger partial charge in [0.1, 0.15) is 18.1 Å². The molecular weight excluding hydrogens is 483 g/mol. The third kappa shape index (κ3) is 6.22. The number of halogens is 2. The highest BCUT2D eigenvalue weighted by atomic mass is 35.5. The summed E-state index contributed by atoms with van der Waals surface area (Å²) in [5, 5.41) is 11.1. The molecule has 172 valence electrons. The number of nitrogens with zero attached hydrogens (tertiary/aromatic N) is 2. The number of benzene rings is 2. The molecule has 33 heavy (non-hydrogen) atoms. The molecule has 0 spiro atoms. The Bertz CT molecular complexity index is 1150. The van der Waals surface area contributed by atoms with Crippen molar-refractivity contribution in [2.24, 2.45) is 0 Å². The van der Waals surface area contributed by atoms with Gasteiger partial charge in [-0.15, -0.1) is 0 Å². The third-order valence-electron chi connectivity index (χ3n) is 5.00. The fourth-order valence-electron chi connectivity index (χ4n) is 3.41. The van der Waals surface area contributed by atoms with Crippen LogP contribution in [0.4, 0.5) is 5.82 Å². The van der Waals surface area contributed by atoms with Crippen molar-refractivity contribution < 1.29 is 14.3 Å². The summed E-state index contributed by atoms with van der Waals surface area (Å²) in [6.45, 7) is 0.306. The monoisotopic (exact) mass is 504 g/mol. The quantitative estimate of drug-likeness (QED) is 0.453. The van der Waals surface area contributed by atoms with Crippen molar-refractivity contribution in [2.75, 3.05) is 18.5 Å². The zero-order valence-electron chi connectivity index (χ0n) is 17.6. The molecule has 1 aliphatic heterocycles. The fourth-order valence-corrected chi connectivity index (χ4v) is 4.90. The van der Waals surface area contributed by atoms with Gasteiger partial charge in [-0.05, 0) is 30.2 Å². The molecule has 0 unspecified atom stereocenters. The fraction of sp³-hybridized carbons (Fsp3) is 0.261. The Morgan fingerprint density at radius 3 is 2.70 bits per heavy atom. The summed E-state index contributed by atoms with van der Waals surface area (Å²) >= 11 is 13.7. The van der Waals surface area contributed by atoms with Gasteiger partial charge in [-0.3, -0.25) is 9.59 Å². The predicted molar refractivity (Wildman–Crippen MR) is 131 cm³/mol. The van der Waals surface area contributed by atoms with Crippen LogP contribution in [-0.2, 0) is 34.1 Å². The molecule has 0 radical (unpaired) electrons. The number of hydrogen-bond acceptors (Lipinski definition) is 5. The summed E-state index contributed by atoms with van der Waals surface area (Å²) in [6, 6.07) is 14.7. The van der Waals surface area contributed by atoms with Gasteiger partial charge in [0.25, 0.3) is 5.91 Å². The number of nitrogens with one attached hydrogen (secondary N) is 2. The van der Waals surface area contributed by atoms with Crippen LogP contribution in [0.3, 0.4) is 0 Å². The molecule has 1 aliphatic rings. The van der Waals surface area contributed by atoms with Gasteiger partial charge in [0, 0.05) is 28.6 Å². The van der Waals surface area contributed by atoms with Crippen molar-refractivity contribution in [1.82, 2.24) is 15.1 Å². The number of anilines is 1. The van der Waals surface area contributed by atoms with Gasteiger partial charge >= 0.3 is 0 Å². The zero-order valence-corrected chi connectivity index (χ0v) is 20.0. The van der Waals surface area contributed by atoms with E-state index in [1.165, 1.54) is 0 Å². The molecule has 7 nitrogen and oxygen atoms in total. The third-order valence-corrected chi connectivity index (χ3v) is 6.50. The molecule has 0 saturated carbocycles. The SMILES string of the molecule is O=C(Cn1nc2c(c1NC(=O)COc1ccc(Cl)cc1Cl)CSC2)NCCc1ccccc1. The number of thioether (sulfide) groups is 1. The molecule has 0 fully saturated rings. The zero-order chi connectivity index (χ0) is 23.2. The number of hydrogen-bond donors (Lipinski definition) is 2. The van der Waals surface area contributed by atoms with Crippen molar-refractivity contribution in [3.8, 4) is 5.75 Å². The number of amides is 2. The number of rotatable bonds is 9. The molecule has 1 aromatic heterocycles. The second-order valence-electron chi connectivity index (χ2n) is 7.42. The van der Waals surface area contributed by atoms with Crippen LogP contribution in [0.25, 0.3) is 0 Å². The first-order valence-electron chi connectivity index (χ1n) is 10.3. The Kier molecular flexibility index (Phi) is 7.80. The van der Waals surface area contributed by atoms with Crippen LogP contribution in [0.1, 0.15) is 16.8 Å². The summed E-state index contributed by atoms with van der Waals surface area (Å²) in [7, 11) is 0. The lowest BCUT2D eigenvalue weighted by Gasteiger charge is -2.12. The summed E-state index contributed by atoms with van der Waals surface area (Å²) < 4.78 is 7.07. The minimum absolute atomic E-state index is 0.0198. The van der Waals surface area contributed by atoms with E-state index >= 15 is 0 Å². The first-order chi connectivity index (χ1) is 16.0. The minimum Gasteiger partial charge on any atom is -0.482 e. The standard InChI is InChI=1S/C23H22Cl2N4O3S/c24-16-6-7-20(18(25)10-16)32-12-22(31)27-23-17-13-33-14-19(17)28-29(23)11-21(30)26-9-8-15-4-2-1-3-5-15/h1-7,10H,8-9,11-14H2,(H,26,30)(H,27,31). The number of carbonyl (C=O) groups excluding carboxylic acids is 2. The van der Waals surface area contributed by atoms with Gasteiger partial charge < -0.3 is 15.4 Å². The lowest BCUT2D eigenvalue weighted by atomic mass is 10.1. The molecule has 2 aromatic carbocycles. The normalized spacial score (nSPS) is 12.3. The maximum Gasteiger partial charge on any atom is 0.263 e. The van der Waals surface area contributed by atoms with E-state index < -0.39 is 0 Å². The number of ether oxygens (including phenoxy) is 1.